The normalized spacial score (nSPS) is 12.1. The van der Waals surface area contributed by atoms with E-state index in [0.717, 1.165) is 16.7 Å². The average molecular weight is 338 g/mol. The predicted molar refractivity (Wildman–Crippen MR) is 96.1 cm³/mol. The maximum absolute atomic E-state index is 12.1. The SMILES string of the molecule is O=P(O)(O)CC(c1ccccc1)(c1ccccc1)c1ccccc1. The van der Waals surface area contributed by atoms with Crippen LogP contribution in [0.25, 0.3) is 0 Å². The Labute approximate surface area is 141 Å². The lowest BCUT2D eigenvalue weighted by Crippen LogP contribution is -2.33. The Bertz CT molecular complexity index is 730. The third-order valence-corrected chi connectivity index (χ3v) is 5.13. The van der Waals surface area contributed by atoms with Crippen molar-refractivity contribution in [3.63, 3.8) is 0 Å². The van der Waals surface area contributed by atoms with Gasteiger partial charge in [0.15, 0.2) is 0 Å². The van der Waals surface area contributed by atoms with Crippen LogP contribution in [0.15, 0.2) is 91.0 Å². The molecule has 0 saturated carbocycles. The van der Waals surface area contributed by atoms with Crippen LogP contribution in [0.2, 0.25) is 0 Å². The fourth-order valence-electron chi connectivity index (χ4n) is 3.25. The van der Waals surface area contributed by atoms with Crippen molar-refractivity contribution in [2.75, 3.05) is 6.16 Å². The van der Waals surface area contributed by atoms with Gasteiger partial charge in [0.1, 0.15) is 0 Å². The molecule has 24 heavy (non-hydrogen) atoms. The quantitative estimate of drug-likeness (QED) is 0.541. The molecule has 3 nitrogen and oxygen atoms in total. The molecule has 3 aromatic carbocycles. The van der Waals surface area contributed by atoms with Crippen molar-refractivity contribution in [1.29, 1.82) is 0 Å². The van der Waals surface area contributed by atoms with Gasteiger partial charge in [-0.2, -0.15) is 0 Å². The Kier molecular flexibility index (Phi) is 4.68. The Morgan fingerprint density at radius 2 is 0.917 bits per heavy atom. The molecule has 0 fully saturated rings. The minimum atomic E-state index is -4.28. The van der Waals surface area contributed by atoms with E-state index in [-0.39, 0.29) is 6.16 Å². The summed E-state index contributed by atoms with van der Waals surface area (Å²) in [6.45, 7) is 0. The molecule has 3 rings (SSSR count). The highest BCUT2D eigenvalue weighted by Gasteiger charge is 2.41. The second kappa shape index (κ2) is 6.74. The smallest absolute Gasteiger partial charge is 0.324 e. The molecule has 4 heteroatoms. The minimum absolute atomic E-state index is 0.280. The van der Waals surface area contributed by atoms with Crippen molar-refractivity contribution < 1.29 is 14.4 Å². The molecule has 3 aromatic rings. The molecule has 2 N–H and O–H groups in total. The van der Waals surface area contributed by atoms with Crippen molar-refractivity contribution in [2.45, 2.75) is 5.41 Å². The lowest BCUT2D eigenvalue weighted by Gasteiger charge is -2.36. The summed E-state index contributed by atoms with van der Waals surface area (Å²) in [5.74, 6) is 0. The molecule has 0 heterocycles. The molecule has 0 aromatic heterocycles. The van der Waals surface area contributed by atoms with Crippen molar-refractivity contribution in [2.24, 2.45) is 0 Å². The van der Waals surface area contributed by atoms with Gasteiger partial charge in [-0.25, -0.2) is 0 Å². The lowest BCUT2D eigenvalue weighted by molar-refractivity contribution is 0.365. The van der Waals surface area contributed by atoms with Crippen LogP contribution in [0.5, 0.6) is 0 Å². The molecule has 0 aliphatic rings. The Balaban J connectivity index is 2.35. The summed E-state index contributed by atoms with van der Waals surface area (Å²) < 4.78 is 12.1. The van der Waals surface area contributed by atoms with E-state index in [4.69, 9.17) is 0 Å². The van der Waals surface area contributed by atoms with Crippen LogP contribution >= 0.6 is 7.60 Å². The molecule has 0 unspecified atom stereocenters. The average Bonchev–Trinajstić information content (AvgIpc) is 2.61. The van der Waals surface area contributed by atoms with Gasteiger partial charge in [-0.1, -0.05) is 91.0 Å². The molecule has 122 valence electrons. The Morgan fingerprint density at radius 3 is 1.17 bits per heavy atom. The summed E-state index contributed by atoms with van der Waals surface area (Å²) in [5.41, 5.74) is 1.70. The van der Waals surface area contributed by atoms with Crippen molar-refractivity contribution in [3.8, 4) is 0 Å². The van der Waals surface area contributed by atoms with Gasteiger partial charge in [0, 0.05) is 0 Å². The Morgan fingerprint density at radius 1 is 0.625 bits per heavy atom. The molecular formula is C20H19O3P. The fraction of sp³-hybridized carbons (Fsp3) is 0.100. The number of rotatable bonds is 5. The van der Waals surface area contributed by atoms with Gasteiger partial charge in [-0.15, -0.1) is 0 Å². The number of hydrogen-bond donors (Lipinski definition) is 2. The molecule has 0 atom stereocenters. The van der Waals surface area contributed by atoms with E-state index in [1.165, 1.54) is 0 Å². The number of hydrogen-bond acceptors (Lipinski definition) is 1. The van der Waals surface area contributed by atoms with Gasteiger partial charge in [0.25, 0.3) is 0 Å². The summed E-state index contributed by atoms with van der Waals surface area (Å²) in [5, 5.41) is 0. The monoisotopic (exact) mass is 338 g/mol. The Hall–Kier alpha value is -2.19. The zero-order valence-corrected chi connectivity index (χ0v) is 14.0. The van der Waals surface area contributed by atoms with Gasteiger partial charge in [0.05, 0.1) is 11.6 Å². The fourth-order valence-corrected chi connectivity index (χ4v) is 4.42. The second-order valence-electron chi connectivity index (χ2n) is 5.83. The van der Waals surface area contributed by atoms with E-state index < -0.39 is 13.0 Å². The third-order valence-electron chi connectivity index (χ3n) is 4.24. The van der Waals surface area contributed by atoms with Crippen LogP contribution in [0.3, 0.4) is 0 Å². The van der Waals surface area contributed by atoms with E-state index in [0.29, 0.717) is 0 Å². The minimum Gasteiger partial charge on any atom is -0.324 e. The molecule has 0 saturated heterocycles. The van der Waals surface area contributed by atoms with Gasteiger partial charge >= 0.3 is 7.60 Å². The van der Waals surface area contributed by atoms with Crippen LogP contribution < -0.4 is 0 Å². The maximum Gasteiger partial charge on any atom is 0.327 e. The molecular weight excluding hydrogens is 319 g/mol. The van der Waals surface area contributed by atoms with Crippen LogP contribution in [0.4, 0.5) is 0 Å². The summed E-state index contributed by atoms with van der Waals surface area (Å²) >= 11 is 0. The largest absolute Gasteiger partial charge is 0.327 e. The van der Waals surface area contributed by atoms with E-state index in [9.17, 15) is 14.4 Å². The lowest BCUT2D eigenvalue weighted by atomic mass is 9.71. The first kappa shape index (κ1) is 16.7. The highest BCUT2D eigenvalue weighted by molar-refractivity contribution is 7.51. The van der Waals surface area contributed by atoms with Crippen molar-refractivity contribution in [3.05, 3.63) is 108 Å². The van der Waals surface area contributed by atoms with E-state index in [1.807, 2.05) is 91.0 Å². The van der Waals surface area contributed by atoms with Crippen LogP contribution in [0.1, 0.15) is 16.7 Å². The van der Waals surface area contributed by atoms with Crippen molar-refractivity contribution in [1.82, 2.24) is 0 Å². The topological polar surface area (TPSA) is 57.5 Å². The van der Waals surface area contributed by atoms with Crippen LogP contribution in [0, 0.1) is 0 Å². The maximum atomic E-state index is 12.1. The van der Waals surface area contributed by atoms with Crippen molar-refractivity contribution >= 4 is 7.60 Å². The molecule has 0 bridgehead atoms. The predicted octanol–water partition coefficient (Wildman–Crippen LogP) is 4.20. The second-order valence-corrected chi connectivity index (χ2v) is 7.47. The first-order valence-corrected chi connectivity index (χ1v) is 9.53. The van der Waals surface area contributed by atoms with Gasteiger partial charge < -0.3 is 9.79 Å². The summed E-state index contributed by atoms with van der Waals surface area (Å²) in [6, 6.07) is 28.7. The number of benzene rings is 3. The summed E-state index contributed by atoms with van der Waals surface area (Å²) in [7, 11) is -4.28. The van der Waals surface area contributed by atoms with Gasteiger partial charge in [-0.3, -0.25) is 4.57 Å². The van der Waals surface area contributed by atoms with Crippen LogP contribution in [-0.2, 0) is 9.98 Å². The summed E-state index contributed by atoms with van der Waals surface area (Å²) in [6.07, 6.45) is -0.280. The standard InChI is InChI=1S/C20H19O3P/c21-24(22,23)16-20(17-10-4-1-5-11-17,18-12-6-2-7-13-18)19-14-8-3-9-15-19/h1-15H,16H2,(H2,21,22,23). The molecule has 0 spiro atoms. The summed E-state index contributed by atoms with van der Waals surface area (Å²) in [4.78, 5) is 19.7. The highest BCUT2D eigenvalue weighted by Crippen LogP contribution is 2.50. The molecule has 0 radical (unpaired) electrons. The first-order valence-electron chi connectivity index (χ1n) is 7.73. The van der Waals surface area contributed by atoms with Gasteiger partial charge in [0.2, 0.25) is 0 Å². The van der Waals surface area contributed by atoms with E-state index in [2.05, 4.69) is 0 Å². The molecule has 0 aliphatic heterocycles. The zero-order valence-electron chi connectivity index (χ0n) is 13.1. The third kappa shape index (κ3) is 3.34. The van der Waals surface area contributed by atoms with Gasteiger partial charge in [-0.05, 0) is 16.7 Å². The van der Waals surface area contributed by atoms with E-state index in [1.54, 1.807) is 0 Å². The zero-order chi connectivity index (χ0) is 17.0. The van der Waals surface area contributed by atoms with Crippen LogP contribution in [-0.4, -0.2) is 15.9 Å². The molecule has 0 amide bonds. The van der Waals surface area contributed by atoms with E-state index >= 15 is 0 Å². The molecule has 0 aliphatic carbocycles. The highest BCUT2D eigenvalue weighted by atomic mass is 31.2. The first-order chi connectivity index (χ1) is 11.5.